The lowest BCUT2D eigenvalue weighted by atomic mass is 10.2. The monoisotopic (exact) mass is 304 g/mol. The molecule has 0 radical (unpaired) electrons. The molecule has 0 unspecified atom stereocenters. The molecule has 0 bridgehead atoms. The third-order valence-electron chi connectivity index (χ3n) is 2.43. The molecule has 0 saturated heterocycles. The van der Waals surface area contributed by atoms with Crippen LogP contribution in [0.15, 0.2) is 12.4 Å². The van der Waals surface area contributed by atoms with Crippen LogP contribution < -0.4 is 5.32 Å². The normalized spacial score (nSPS) is 11.7. The van der Waals surface area contributed by atoms with Crippen molar-refractivity contribution in [3.63, 3.8) is 0 Å². The Kier molecular flexibility index (Phi) is 3.80. The number of halogens is 3. The Bertz CT molecular complexity index is 632. The number of aromatic nitrogens is 3. The van der Waals surface area contributed by atoms with Gasteiger partial charge in [-0.1, -0.05) is 0 Å². The molecule has 2 heterocycles. The van der Waals surface area contributed by atoms with Crippen LogP contribution in [0.1, 0.15) is 25.9 Å². The molecule has 2 rings (SSSR count). The average molecular weight is 304 g/mol. The molecule has 0 atom stereocenters. The van der Waals surface area contributed by atoms with Crippen LogP contribution in [0, 0.1) is 6.92 Å². The molecule has 0 aliphatic rings. The van der Waals surface area contributed by atoms with Gasteiger partial charge in [-0.05, 0) is 6.92 Å². The molecule has 108 valence electrons. The summed E-state index contributed by atoms with van der Waals surface area (Å²) in [5, 5.41) is 6.54. The van der Waals surface area contributed by atoms with E-state index in [9.17, 15) is 18.0 Å². The minimum atomic E-state index is -4.66. The van der Waals surface area contributed by atoms with Crippen LogP contribution in [-0.2, 0) is 19.8 Å². The van der Waals surface area contributed by atoms with Crippen molar-refractivity contribution in [3.05, 3.63) is 33.5 Å². The maximum Gasteiger partial charge on any atom is 0.435 e. The van der Waals surface area contributed by atoms with E-state index < -0.39 is 23.3 Å². The molecular formula is C11H11F3N4OS. The van der Waals surface area contributed by atoms with Crippen molar-refractivity contribution in [2.75, 3.05) is 0 Å². The van der Waals surface area contributed by atoms with Crippen molar-refractivity contribution in [2.24, 2.45) is 7.05 Å². The lowest BCUT2D eigenvalue weighted by Gasteiger charge is -2.06. The van der Waals surface area contributed by atoms with E-state index in [-0.39, 0.29) is 6.54 Å². The summed E-state index contributed by atoms with van der Waals surface area (Å²) in [5.74, 6) is -0.809. The van der Waals surface area contributed by atoms with Gasteiger partial charge in [0.2, 0.25) is 0 Å². The van der Waals surface area contributed by atoms with E-state index in [1.54, 1.807) is 13.1 Å². The molecular weight excluding hydrogens is 293 g/mol. The third kappa shape index (κ3) is 3.16. The highest BCUT2D eigenvalue weighted by molar-refractivity contribution is 7.11. The Morgan fingerprint density at radius 3 is 2.75 bits per heavy atom. The highest BCUT2D eigenvalue weighted by Crippen LogP contribution is 2.30. The molecule has 0 aliphatic carbocycles. The number of nitrogens with one attached hydrogen (secondary N) is 1. The molecule has 2 aromatic heterocycles. The first-order valence-electron chi connectivity index (χ1n) is 5.57. The Hall–Kier alpha value is -1.90. The predicted octanol–water partition coefficient (Wildman–Crippen LogP) is 2.13. The van der Waals surface area contributed by atoms with E-state index in [1.807, 2.05) is 0 Å². The fraction of sp³-hybridized carbons (Fsp3) is 0.364. The van der Waals surface area contributed by atoms with Crippen molar-refractivity contribution >= 4 is 17.2 Å². The maximum absolute atomic E-state index is 12.7. The minimum absolute atomic E-state index is 0.135. The van der Waals surface area contributed by atoms with Crippen molar-refractivity contribution in [3.8, 4) is 0 Å². The molecule has 0 fully saturated rings. The Labute approximate surface area is 116 Å². The van der Waals surface area contributed by atoms with E-state index in [4.69, 9.17) is 0 Å². The number of carbonyl (C=O) groups excluding carboxylic acids is 1. The van der Waals surface area contributed by atoms with Gasteiger partial charge in [0.1, 0.15) is 0 Å². The second kappa shape index (κ2) is 5.23. The van der Waals surface area contributed by atoms with Crippen LogP contribution in [-0.4, -0.2) is 20.7 Å². The van der Waals surface area contributed by atoms with Crippen LogP contribution in [0.3, 0.4) is 0 Å². The summed E-state index contributed by atoms with van der Waals surface area (Å²) in [6.07, 6.45) is -2.03. The average Bonchev–Trinajstić information content (AvgIpc) is 2.91. The standard InChI is InChI=1S/C11H11F3N4OS/c1-6-15-3-7(20-6)4-16-10(19)8-5-18(2)17-9(8)11(12,13)14/h3,5H,4H2,1-2H3,(H,16,19). The topological polar surface area (TPSA) is 59.8 Å². The summed E-state index contributed by atoms with van der Waals surface area (Å²) in [6, 6.07) is 0. The van der Waals surface area contributed by atoms with E-state index in [1.165, 1.54) is 18.4 Å². The number of amides is 1. The van der Waals surface area contributed by atoms with Gasteiger partial charge < -0.3 is 5.32 Å². The first-order valence-corrected chi connectivity index (χ1v) is 6.39. The van der Waals surface area contributed by atoms with Crippen molar-refractivity contribution in [2.45, 2.75) is 19.6 Å². The van der Waals surface area contributed by atoms with E-state index in [0.29, 0.717) is 0 Å². The van der Waals surface area contributed by atoms with Crippen LogP contribution in [0.4, 0.5) is 13.2 Å². The van der Waals surface area contributed by atoms with Gasteiger partial charge in [-0.2, -0.15) is 18.3 Å². The zero-order valence-electron chi connectivity index (χ0n) is 10.7. The fourth-order valence-electron chi connectivity index (χ4n) is 1.61. The Morgan fingerprint density at radius 2 is 2.20 bits per heavy atom. The molecule has 1 N–H and O–H groups in total. The summed E-state index contributed by atoms with van der Waals surface area (Å²) >= 11 is 1.37. The summed E-state index contributed by atoms with van der Waals surface area (Å²) in [4.78, 5) is 16.6. The molecule has 2 aromatic rings. The van der Waals surface area contributed by atoms with Gasteiger partial charge in [-0.25, -0.2) is 4.98 Å². The van der Waals surface area contributed by atoms with E-state index >= 15 is 0 Å². The van der Waals surface area contributed by atoms with Crippen LogP contribution in [0.25, 0.3) is 0 Å². The SMILES string of the molecule is Cc1ncc(CNC(=O)c2cn(C)nc2C(F)(F)F)s1. The van der Waals surface area contributed by atoms with Crippen LogP contribution in [0.2, 0.25) is 0 Å². The molecule has 0 saturated carbocycles. The highest BCUT2D eigenvalue weighted by atomic mass is 32.1. The number of thiazole rings is 1. The molecule has 0 aliphatic heterocycles. The van der Waals surface area contributed by atoms with Crippen molar-refractivity contribution < 1.29 is 18.0 Å². The van der Waals surface area contributed by atoms with Crippen LogP contribution in [0.5, 0.6) is 0 Å². The molecule has 20 heavy (non-hydrogen) atoms. The minimum Gasteiger partial charge on any atom is -0.347 e. The van der Waals surface area contributed by atoms with Gasteiger partial charge in [0.15, 0.2) is 5.69 Å². The lowest BCUT2D eigenvalue weighted by Crippen LogP contribution is -2.24. The largest absolute Gasteiger partial charge is 0.435 e. The van der Waals surface area contributed by atoms with Gasteiger partial charge in [-0.3, -0.25) is 9.48 Å². The van der Waals surface area contributed by atoms with Crippen LogP contribution >= 0.6 is 11.3 Å². The van der Waals surface area contributed by atoms with Crippen molar-refractivity contribution in [1.29, 1.82) is 0 Å². The quantitative estimate of drug-likeness (QED) is 0.945. The second-order valence-corrected chi connectivity index (χ2v) is 5.41. The molecule has 0 aromatic carbocycles. The molecule has 5 nitrogen and oxygen atoms in total. The number of rotatable bonds is 3. The molecule has 0 spiro atoms. The van der Waals surface area contributed by atoms with Crippen molar-refractivity contribution in [1.82, 2.24) is 20.1 Å². The smallest absolute Gasteiger partial charge is 0.347 e. The maximum atomic E-state index is 12.7. The number of carbonyl (C=O) groups is 1. The summed E-state index contributed by atoms with van der Waals surface area (Å²) in [6.45, 7) is 1.94. The summed E-state index contributed by atoms with van der Waals surface area (Å²) in [5.41, 5.74) is -1.67. The number of nitrogens with zero attached hydrogens (tertiary/aromatic N) is 3. The van der Waals surface area contributed by atoms with Gasteiger partial charge in [-0.15, -0.1) is 11.3 Å². The highest BCUT2D eigenvalue weighted by Gasteiger charge is 2.38. The number of hydrogen-bond acceptors (Lipinski definition) is 4. The summed E-state index contributed by atoms with van der Waals surface area (Å²) < 4.78 is 39.1. The predicted molar refractivity (Wildman–Crippen MR) is 66.2 cm³/mol. The Balaban J connectivity index is 2.13. The first kappa shape index (κ1) is 14.5. The lowest BCUT2D eigenvalue weighted by molar-refractivity contribution is -0.141. The van der Waals surface area contributed by atoms with Gasteiger partial charge in [0.25, 0.3) is 5.91 Å². The molecule has 9 heteroatoms. The Morgan fingerprint density at radius 1 is 1.50 bits per heavy atom. The zero-order chi connectivity index (χ0) is 14.9. The summed E-state index contributed by atoms with van der Waals surface area (Å²) in [7, 11) is 1.33. The van der Waals surface area contributed by atoms with E-state index in [0.717, 1.165) is 20.8 Å². The fourth-order valence-corrected chi connectivity index (χ4v) is 2.35. The first-order chi connectivity index (χ1) is 9.27. The third-order valence-corrected chi connectivity index (χ3v) is 3.35. The number of alkyl halides is 3. The van der Waals surface area contributed by atoms with Gasteiger partial charge >= 0.3 is 6.18 Å². The van der Waals surface area contributed by atoms with Gasteiger partial charge in [0, 0.05) is 24.3 Å². The molecule has 1 amide bonds. The second-order valence-electron chi connectivity index (χ2n) is 4.09. The zero-order valence-corrected chi connectivity index (χ0v) is 11.5. The van der Waals surface area contributed by atoms with Gasteiger partial charge in [0.05, 0.1) is 17.1 Å². The number of hydrogen-bond donors (Lipinski definition) is 1. The number of aryl methyl sites for hydroxylation is 2. The van der Waals surface area contributed by atoms with E-state index in [2.05, 4.69) is 15.4 Å².